The van der Waals surface area contributed by atoms with Crippen LogP contribution in [0.4, 0.5) is 11.4 Å². The summed E-state index contributed by atoms with van der Waals surface area (Å²) in [7, 11) is 1.70. The summed E-state index contributed by atoms with van der Waals surface area (Å²) in [5.74, 6) is 1.80. The van der Waals surface area contributed by atoms with Crippen molar-refractivity contribution < 1.29 is 4.74 Å². The smallest absolute Gasteiger partial charge is 0.141 e. The van der Waals surface area contributed by atoms with Gasteiger partial charge in [-0.25, -0.2) is 4.99 Å². The Balaban J connectivity index is 1.76. The van der Waals surface area contributed by atoms with Crippen molar-refractivity contribution in [3.8, 4) is 5.75 Å². The molecule has 0 amide bonds. The minimum absolute atomic E-state index is 0.00230. The largest absolute Gasteiger partial charge is 0.497 e. The number of rotatable bonds is 4. The van der Waals surface area contributed by atoms with Crippen molar-refractivity contribution in [3.05, 3.63) is 125 Å². The van der Waals surface area contributed by atoms with Crippen LogP contribution in [0.3, 0.4) is 0 Å². The van der Waals surface area contributed by atoms with Crippen LogP contribution in [0.1, 0.15) is 28.3 Å². The van der Waals surface area contributed by atoms with Gasteiger partial charge in [-0.05, 0) is 42.8 Å². The van der Waals surface area contributed by atoms with E-state index < -0.39 is 0 Å². The number of methoxy groups -OCH3 is 1. The van der Waals surface area contributed by atoms with Crippen LogP contribution in [0.5, 0.6) is 5.75 Å². The summed E-state index contributed by atoms with van der Waals surface area (Å²) in [6.07, 6.45) is 0. The molecule has 0 aromatic heterocycles. The fourth-order valence-electron chi connectivity index (χ4n) is 4.13. The van der Waals surface area contributed by atoms with E-state index in [1.54, 1.807) is 7.11 Å². The number of para-hydroxylation sites is 1. The van der Waals surface area contributed by atoms with Crippen molar-refractivity contribution in [2.45, 2.75) is 13.0 Å². The minimum atomic E-state index is -0.00230. The Bertz CT molecular complexity index is 1210. The lowest BCUT2D eigenvalue weighted by atomic mass is 9.92. The summed E-state index contributed by atoms with van der Waals surface area (Å²) in [4.78, 5) is 7.47. The second-order valence-corrected chi connectivity index (χ2v) is 7.74. The second kappa shape index (κ2) is 8.11. The Labute approximate surface area is 183 Å². The minimum Gasteiger partial charge on any atom is -0.497 e. The third-order valence-corrected chi connectivity index (χ3v) is 5.72. The molecule has 4 aromatic carbocycles. The Hall–Kier alpha value is -3.85. The van der Waals surface area contributed by atoms with Crippen LogP contribution in [0.15, 0.2) is 108 Å². The standard InChI is InChI=1S/C28H24N2O/c1-20-12-16-23(17-13-20)30-27(21-14-18-24(31-2)19-15-21)25-10-6-7-11-26(25)29-28(30)22-8-4-3-5-9-22/h3-19,27H,1-2H3. The highest BCUT2D eigenvalue weighted by Gasteiger charge is 2.33. The molecular formula is C28H24N2O. The highest BCUT2D eigenvalue weighted by Crippen LogP contribution is 2.43. The van der Waals surface area contributed by atoms with Crippen molar-refractivity contribution in [2.75, 3.05) is 12.0 Å². The van der Waals surface area contributed by atoms with E-state index in [1.807, 2.05) is 18.2 Å². The van der Waals surface area contributed by atoms with Gasteiger partial charge in [-0.15, -0.1) is 0 Å². The molecule has 1 unspecified atom stereocenters. The summed E-state index contributed by atoms with van der Waals surface area (Å²) in [5.41, 5.74) is 6.83. The van der Waals surface area contributed by atoms with Crippen molar-refractivity contribution >= 4 is 17.2 Å². The van der Waals surface area contributed by atoms with E-state index in [0.29, 0.717) is 0 Å². The van der Waals surface area contributed by atoms with Gasteiger partial charge in [-0.3, -0.25) is 0 Å². The third-order valence-electron chi connectivity index (χ3n) is 5.72. The van der Waals surface area contributed by atoms with Crippen LogP contribution < -0.4 is 9.64 Å². The number of fused-ring (bicyclic) bond motifs is 1. The van der Waals surface area contributed by atoms with Crippen LogP contribution >= 0.6 is 0 Å². The number of nitrogens with zero attached hydrogens (tertiary/aromatic N) is 2. The van der Waals surface area contributed by atoms with Gasteiger partial charge >= 0.3 is 0 Å². The maximum Gasteiger partial charge on any atom is 0.141 e. The molecule has 3 nitrogen and oxygen atoms in total. The average molecular weight is 405 g/mol. The lowest BCUT2D eigenvalue weighted by Gasteiger charge is -2.39. The zero-order chi connectivity index (χ0) is 21.2. The van der Waals surface area contributed by atoms with E-state index in [9.17, 15) is 0 Å². The summed E-state index contributed by atoms with van der Waals surface area (Å²) in [5, 5.41) is 0. The molecule has 31 heavy (non-hydrogen) atoms. The van der Waals surface area contributed by atoms with Gasteiger partial charge in [-0.2, -0.15) is 0 Å². The molecule has 0 saturated heterocycles. The van der Waals surface area contributed by atoms with Crippen LogP contribution in [-0.2, 0) is 0 Å². The van der Waals surface area contributed by atoms with Crippen molar-refractivity contribution in [3.63, 3.8) is 0 Å². The SMILES string of the molecule is COc1ccc(C2c3ccccc3N=C(c3ccccc3)N2c2ccc(C)cc2)cc1. The molecule has 5 rings (SSSR count). The molecule has 3 heteroatoms. The van der Waals surface area contributed by atoms with Crippen LogP contribution in [0, 0.1) is 6.92 Å². The Morgan fingerprint density at radius 1 is 0.742 bits per heavy atom. The second-order valence-electron chi connectivity index (χ2n) is 7.74. The van der Waals surface area contributed by atoms with Gasteiger partial charge < -0.3 is 9.64 Å². The van der Waals surface area contributed by atoms with Crippen LogP contribution in [0.2, 0.25) is 0 Å². The normalized spacial score (nSPS) is 15.2. The summed E-state index contributed by atoms with van der Waals surface area (Å²) in [6, 6.07) is 35.9. The highest BCUT2D eigenvalue weighted by molar-refractivity contribution is 6.13. The predicted molar refractivity (Wildman–Crippen MR) is 128 cm³/mol. The number of benzene rings is 4. The number of aryl methyl sites for hydroxylation is 1. The molecule has 0 aliphatic carbocycles. The predicted octanol–water partition coefficient (Wildman–Crippen LogP) is 6.69. The molecule has 1 heterocycles. The molecule has 1 aliphatic rings. The molecule has 0 N–H and O–H groups in total. The topological polar surface area (TPSA) is 24.8 Å². The van der Waals surface area contributed by atoms with Gasteiger partial charge in [0.05, 0.1) is 18.8 Å². The van der Waals surface area contributed by atoms with Crippen molar-refractivity contribution in [2.24, 2.45) is 4.99 Å². The first-order chi connectivity index (χ1) is 15.2. The molecule has 4 aromatic rings. The maximum atomic E-state index is 5.40. The van der Waals surface area contributed by atoms with Gasteiger partial charge in [0.2, 0.25) is 0 Å². The molecule has 0 bridgehead atoms. The number of hydrogen-bond acceptors (Lipinski definition) is 3. The van der Waals surface area contributed by atoms with Crippen LogP contribution in [0.25, 0.3) is 0 Å². The van der Waals surface area contributed by atoms with Gasteiger partial charge in [0, 0.05) is 16.8 Å². The van der Waals surface area contributed by atoms with Crippen molar-refractivity contribution in [1.29, 1.82) is 0 Å². The van der Waals surface area contributed by atoms with E-state index in [1.165, 1.54) is 16.7 Å². The van der Waals surface area contributed by atoms with E-state index in [-0.39, 0.29) is 6.04 Å². The number of amidine groups is 1. The van der Waals surface area contributed by atoms with Gasteiger partial charge in [-0.1, -0.05) is 78.4 Å². The Morgan fingerprint density at radius 2 is 1.42 bits per heavy atom. The van der Waals surface area contributed by atoms with E-state index >= 15 is 0 Å². The number of hydrogen-bond donors (Lipinski definition) is 0. The molecule has 1 aliphatic heterocycles. The Kier molecular flexibility index (Phi) is 5.01. The average Bonchev–Trinajstić information content (AvgIpc) is 2.84. The monoisotopic (exact) mass is 404 g/mol. The van der Waals surface area contributed by atoms with E-state index in [2.05, 4.69) is 96.8 Å². The van der Waals surface area contributed by atoms with Gasteiger partial charge in [0.25, 0.3) is 0 Å². The molecule has 1 atom stereocenters. The molecule has 0 saturated carbocycles. The van der Waals surface area contributed by atoms with Gasteiger partial charge in [0.15, 0.2) is 0 Å². The van der Waals surface area contributed by atoms with Gasteiger partial charge in [0.1, 0.15) is 11.6 Å². The maximum absolute atomic E-state index is 5.40. The fraction of sp³-hybridized carbons (Fsp3) is 0.107. The summed E-state index contributed by atoms with van der Waals surface area (Å²) in [6.45, 7) is 2.11. The number of ether oxygens (including phenoxy) is 1. The lowest BCUT2D eigenvalue weighted by molar-refractivity contribution is 0.414. The molecule has 0 spiro atoms. The molecule has 0 fully saturated rings. The number of aliphatic imine (C=N–C) groups is 1. The Morgan fingerprint density at radius 3 is 2.13 bits per heavy atom. The first-order valence-electron chi connectivity index (χ1n) is 10.5. The molecule has 152 valence electrons. The molecular weight excluding hydrogens is 380 g/mol. The summed E-state index contributed by atoms with van der Waals surface area (Å²) < 4.78 is 5.40. The third kappa shape index (κ3) is 3.59. The quantitative estimate of drug-likeness (QED) is 0.378. The van der Waals surface area contributed by atoms with E-state index in [4.69, 9.17) is 9.73 Å². The van der Waals surface area contributed by atoms with Crippen molar-refractivity contribution in [1.82, 2.24) is 0 Å². The number of anilines is 1. The highest BCUT2D eigenvalue weighted by atomic mass is 16.5. The first-order valence-corrected chi connectivity index (χ1v) is 10.5. The zero-order valence-electron chi connectivity index (χ0n) is 17.7. The first kappa shape index (κ1) is 19.1. The lowest BCUT2D eigenvalue weighted by Crippen LogP contribution is -2.38. The van der Waals surface area contributed by atoms with E-state index in [0.717, 1.165) is 28.5 Å². The molecule has 0 radical (unpaired) electrons. The summed E-state index contributed by atoms with van der Waals surface area (Å²) >= 11 is 0. The fourth-order valence-corrected chi connectivity index (χ4v) is 4.13. The van der Waals surface area contributed by atoms with Crippen LogP contribution in [-0.4, -0.2) is 12.9 Å². The zero-order valence-corrected chi connectivity index (χ0v) is 17.7.